The Kier molecular flexibility index (Phi) is 16.5. The van der Waals surface area contributed by atoms with Crippen LogP contribution in [0, 0.1) is 13.0 Å². The van der Waals surface area contributed by atoms with Crippen LogP contribution in [0.2, 0.25) is 0 Å². The van der Waals surface area contributed by atoms with E-state index in [4.69, 9.17) is 16.6 Å². The topological polar surface area (TPSA) is 32.7 Å². The van der Waals surface area contributed by atoms with Crippen molar-refractivity contribution in [2.45, 2.75) is 46.7 Å². The molecule has 1 aliphatic heterocycles. The third-order valence-electron chi connectivity index (χ3n) is 4.79. The molecule has 4 rings (SSSR count). The number of halogens is 1. The molecule has 0 N–H and O–H groups in total. The number of carbonyl (C=O) groups excluding carboxylic acids is 1. The van der Waals surface area contributed by atoms with Crippen LogP contribution in [0.25, 0.3) is 0 Å². The Morgan fingerprint density at radius 3 is 1.91 bits per heavy atom. The summed E-state index contributed by atoms with van der Waals surface area (Å²) in [6.45, 7) is 10.1. The van der Waals surface area contributed by atoms with Gasteiger partial charge in [-0.25, -0.2) is 0 Å². The standard InChI is InChI=1S/C23H18ClN2O.2C2H6.2Y/c1-16-12-14-17(15-13-16)20-21(18-8-4-2-5-9-18)26(23(24)27)22(25-20)19-10-6-3-7-11-19;2*1-2;;/h3-15,20-21H,1H3;2*1-2H3;;/q-1;;;;/t20-,21+;;;;/m0..../s1. The maximum atomic E-state index is 12.4. The monoisotopic (exact) mass is 611 g/mol. The van der Waals surface area contributed by atoms with Crippen LogP contribution in [0.3, 0.4) is 0 Å². The number of hydrogen-bond donors (Lipinski definition) is 0. The van der Waals surface area contributed by atoms with Gasteiger partial charge in [0.25, 0.3) is 0 Å². The minimum Gasteiger partial charge on any atom is -0.275 e. The first-order valence-electron chi connectivity index (χ1n) is 10.8. The molecule has 2 atom stereocenters. The number of aryl methyl sites for hydroxylation is 1. The summed E-state index contributed by atoms with van der Waals surface area (Å²) in [5.74, 6) is 0.596. The minimum absolute atomic E-state index is 0. The summed E-state index contributed by atoms with van der Waals surface area (Å²) in [4.78, 5) is 19.0. The molecule has 0 bridgehead atoms. The third kappa shape index (κ3) is 8.18. The Morgan fingerprint density at radius 1 is 0.848 bits per heavy atom. The molecule has 3 aromatic carbocycles. The Balaban J connectivity index is 0.00000162. The van der Waals surface area contributed by atoms with Gasteiger partial charge in [-0.3, -0.25) is 14.7 Å². The van der Waals surface area contributed by atoms with E-state index in [1.165, 1.54) is 5.56 Å². The minimum atomic E-state index is -0.537. The predicted octanol–water partition coefficient (Wildman–Crippen LogP) is 7.75. The van der Waals surface area contributed by atoms with Gasteiger partial charge in [0.15, 0.2) is 0 Å². The van der Waals surface area contributed by atoms with Gasteiger partial charge in [-0.05, 0) is 24.1 Å². The molecule has 6 heteroatoms. The molecular formula is C27H30ClN2OY2-. The average molecular weight is 612 g/mol. The van der Waals surface area contributed by atoms with Crippen molar-refractivity contribution in [2.24, 2.45) is 4.99 Å². The van der Waals surface area contributed by atoms with Crippen LogP contribution in [-0.4, -0.2) is 16.1 Å². The second-order valence-electron chi connectivity index (χ2n) is 6.58. The van der Waals surface area contributed by atoms with Crippen molar-refractivity contribution in [1.29, 1.82) is 0 Å². The van der Waals surface area contributed by atoms with Crippen molar-refractivity contribution in [3.63, 3.8) is 0 Å². The normalized spacial score (nSPS) is 15.9. The van der Waals surface area contributed by atoms with E-state index in [0.717, 1.165) is 16.7 Å². The van der Waals surface area contributed by atoms with Crippen LogP contribution in [0.4, 0.5) is 4.79 Å². The molecule has 2 radical (unpaired) electrons. The molecular weight excluding hydrogens is 582 g/mol. The van der Waals surface area contributed by atoms with Gasteiger partial charge in [0.05, 0.1) is 6.04 Å². The summed E-state index contributed by atoms with van der Waals surface area (Å²) >= 11 is 6.05. The Hall–Kier alpha value is -0.702. The molecule has 0 spiro atoms. The number of aliphatic imine (C=N–C) groups is 1. The van der Waals surface area contributed by atoms with E-state index in [0.29, 0.717) is 5.84 Å². The SMILES string of the molecule is CC.CC.Cc1ccc([C@@H]2N=C(c3ccccc3)N(C(=O)Cl)[C@@H]2c2cc[c-]cc2)cc1.[Y].[Y]. The van der Waals surface area contributed by atoms with Gasteiger partial charge < -0.3 is 0 Å². The van der Waals surface area contributed by atoms with Gasteiger partial charge in [-0.1, -0.05) is 87.9 Å². The summed E-state index contributed by atoms with van der Waals surface area (Å²) in [6.07, 6.45) is 0. The summed E-state index contributed by atoms with van der Waals surface area (Å²) < 4.78 is 0. The number of hydrogen-bond acceptors (Lipinski definition) is 2. The van der Waals surface area contributed by atoms with Crippen molar-refractivity contribution in [1.82, 2.24) is 4.90 Å². The van der Waals surface area contributed by atoms with Gasteiger partial charge in [0, 0.05) is 71.0 Å². The van der Waals surface area contributed by atoms with Gasteiger partial charge in [-0.15, -0.1) is 5.56 Å². The molecule has 3 aromatic rings. The average Bonchev–Trinajstić information content (AvgIpc) is 3.24. The van der Waals surface area contributed by atoms with Gasteiger partial charge in [0.1, 0.15) is 11.9 Å². The van der Waals surface area contributed by atoms with Crippen LogP contribution in [0.5, 0.6) is 0 Å². The number of nitrogens with zero attached hydrogens (tertiary/aromatic N) is 2. The first kappa shape index (κ1) is 32.3. The molecule has 0 aliphatic carbocycles. The van der Waals surface area contributed by atoms with Crippen molar-refractivity contribution in [3.8, 4) is 0 Å². The molecule has 3 nitrogen and oxygen atoms in total. The molecule has 0 fully saturated rings. The Morgan fingerprint density at radius 2 is 1.39 bits per heavy atom. The van der Waals surface area contributed by atoms with E-state index in [1.807, 2.05) is 82.3 Å². The quantitative estimate of drug-likeness (QED) is 0.169. The van der Waals surface area contributed by atoms with Gasteiger partial charge in [0.2, 0.25) is 0 Å². The molecule has 1 amide bonds. The molecule has 33 heavy (non-hydrogen) atoms. The van der Waals surface area contributed by atoms with E-state index >= 15 is 0 Å². The fourth-order valence-electron chi connectivity index (χ4n) is 3.48. The Bertz CT molecular complexity index is 980. The molecule has 1 heterocycles. The maximum absolute atomic E-state index is 12.4. The molecule has 0 saturated carbocycles. The van der Waals surface area contributed by atoms with E-state index in [9.17, 15) is 4.79 Å². The molecule has 168 valence electrons. The zero-order valence-corrected chi connectivity index (χ0v) is 26.4. The first-order chi connectivity index (χ1) is 15.1. The van der Waals surface area contributed by atoms with E-state index < -0.39 is 5.37 Å². The third-order valence-corrected chi connectivity index (χ3v) is 4.97. The van der Waals surface area contributed by atoms with Gasteiger partial charge >= 0.3 is 5.37 Å². The molecule has 0 aromatic heterocycles. The fraction of sp³-hybridized carbons (Fsp3) is 0.259. The fourth-order valence-corrected chi connectivity index (χ4v) is 3.66. The number of rotatable bonds is 3. The number of amidine groups is 1. The van der Waals surface area contributed by atoms with Crippen LogP contribution in [0.1, 0.15) is 62.0 Å². The number of benzene rings is 3. The zero-order valence-electron chi connectivity index (χ0n) is 20.0. The van der Waals surface area contributed by atoms with Crippen molar-refractivity contribution in [2.75, 3.05) is 0 Å². The molecule has 0 unspecified atom stereocenters. The number of amides is 1. The van der Waals surface area contributed by atoms with Crippen molar-refractivity contribution >= 4 is 22.8 Å². The van der Waals surface area contributed by atoms with Gasteiger partial charge in [-0.2, -0.15) is 30.3 Å². The second-order valence-corrected chi connectivity index (χ2v) is 6.90. The van der Waals surface area contributed by atoms with Crippen molar-refractivity contribution in [3.05, 3.63) is 107 Å². The molecule has 0 saturated heterocycles. The molecule has 1 aliphatic rings. The van der Waals surface area contributed by atoms with E-state index in [2.05, 4.69) is 37.3 Å². The summed E-state index contributed by atoms with van der Waals surface area (Å²) in [6, 6.07) is 28.1. The predicted molar refractivity (Wildman–Crippen MR) is 131 cm³/mol. The van der Waals surface area contributed by atoms with Crippen LogP contribution >= 0.6 is 11.6 Å². The van der Waals surface area contributed by atoms with Crippen LogP contribution in [-0.2, 0) is 65.4 Å². The summed E-state index contributed by atoms with van der Waals surface area (Å²) in [7, 11) is 0. The second kappa shape index (κ2) is 16.8. The van der Waals surface area contributed by atoms with E-state index in [1.54, 1.807) is 4.90 Å². The largest absolute Gasteiger partial charge is 0.322 e. The zero-order chi connectivity index (χ0) is 22.8. The first-order valence-corrected chi connectivity index (χ1v) is 11.2. The van der Waals surface area contributed by atoms with Crippen LogP contribution in [0.15, 0.2) is 83.9 Å². The Labute approximate surface area is 254 Å². The van der Waals surface area contributed by atoms with Crippen molar-refractivity contribution < 1.29 is 70.2 Å². The summed E-state index contributed by atoms with van der Waals surface area (Å²) in [5, 5.41) is -0.537. The smallest absolute Gasteiger partial charge is 0.275 e. The van der Waals surface area contributed by atoms with E-state index in [-0.39, 0.29) is 77.5 Å². The summed E-state index contributed by atoms with van der Waals surface area (Å²) in [5.41, 5.74) is 4.07. The van der Waals surface area contributed by atoms with Crippen LogP contribution < -0.4 is 0 Å². The number of carbonyl (C=O) groups is 1. The maximum Gasteiger partial charge on any atom is 0.322 e.